The number of aromatic nitrogens is 1. The molecule has 1 aromatic carbocycles. The van der Waals surface area contributed by atoms with Gasteiger partial charge in [0.2, 0.25) is 0 Å². The fraction of sp³-hybridized carbons (Fsp3) is 0.294. The van der Waals surface area contributed by atoms with E-state index >= 15 is 0 Å². The van der Waals surface area contributed by atoms with Crippen molar-refractivity contribution in [2.24, 2.45) is 5.73 Å². The van der Waals surface area contributed by atoms with Gasteiger partial charge in [-0.1, -0.05) is 30.3 Å². The van der Waals surface area contributed by atoms with Crippen molar-refractivity contribution in [3.05, 3.63) is 63.6 Å². The first kappa shape index (κ1) is 17.3. The molecule has 1 aromatic heterocycles. The van der Waals surface area contributed by atoms with E-state index in [1.165, 1.54) is 11.8 Å². The van der Waals surface area contributed by atoms with Gasteiger partial charge in [-0.3, -0.25) is 4.79 Å². The molecule has 0 aliphatic rings. The van der Waals surface area contributed by atoms with Gasteiger partial charge in [-0.05, 0) is 25.0 Å². The Balaban J connectivity index is 2.37. The van der Waals surface area contributed by atoms with Crippen molar-refractivity contribution in [3.8, 4) is 6.07 Å². The molecular formula is C17H19N3O2S. The summed E-state index contributed by atoms with van der Waals surface area (Å²) in [5, 5.41) is 18.5. The second-order valence-electron chi connectivity index (χ2n) is 5.33. The van der Waals surface area contributed by atoms with Crippen molar-refractivity contribution < 1.29 is 5.11 Å². The highest BCUT2D eigenvalue weighted by Gasteiger charge is 2.19. The maximum atomic E-state index is 11.7. The van der Waals surface area contributed by atoms with E-state index in [4.69, 9.17) is 5.73 Å². The zero-order valence-electron chi connectivity index (χ0n) is 12.8. The molecule has 6 heteroatoms. The number of hydrogen-bond donors (Lipinski definition) is 3. The number of aliphatic hydroxyl groups excluding tert-OH is 1. The monoisotopic (exact) mass is 329 g/mol. The number of nitrogens with one attached hydrogen (secondary N) is 1. The first-order chi connectivity index (χ1) is 11.0. The van der Waals surface area contributed by atoms with Crippen LogP contribution in [0.1, 0.15) is 28.5 Å². The van der Waals surface area contributed by atoms with Crippen LogP contribution < -0.4 is 11.3 Å². The molecular weight excluding hydrogens is 310 g/mol. The third-order valence-corrected chi connectivity index (χ3v) is 4.82. The lowest BCUT2D eigenvalue weighted by Crippen LogP contribution is -2.26. The normalized spacial score (nSPS) is 13.3. The predicted molar refractivity (Wildman–Crippen MR) is 91.2 cm³/mol. The smallest absolute Gasteiger partial charge is 0.251 e. The van der Waals surface area contributed by atoms with Gasteiger partial charge in [0.05, 0.1) is 6.61 Å². The summed E-state index contributed by atoms with van der Waals surface area (Å²) in [7, 11) is 0. The van der Waals surface area contributed by atoms with Crippen LogP contribution in [0.2, 0.25) is 0 Å². The molecule has 0 aliphatic heterocycles. The van der Waals surface area contributed by atoms with Crippen LogP contribution in [0.5, 0.6) is 0 Å². The molecule has 0 fully saturated rings. The van der Waals surface area contributed by atoms with Gasteiger partial charge >= 0.3 is 0 Å². The minimum Gasteiger partial charge on any atom is -0.395 e. The van der Waals surface area contributed by atoms with Gasteiger partial charge in [0.15, 0.2) is 0 Å². The molecule has 4 N–H and O–H groups in total. The zero-order valence-corrected chi connectivity index (χ0v) is 13.6. The number of pyridine rings is 1. The lowest BCUT2D eigenvalue weighted by molar-refractivity contribution is 0.259. The molecule has 0 saturated heterocycles. The molecule has 120 valence electrons. The van der Waals surface area contributed by atoms with Crippen LogP contribution in [0.3, 0.4) is 0 Å². The van der Waals surface area contributed by atoms with Gasteiger partial charge in [-0.2, -0.15) is 5.26 Å². The molecule has 0 unspecified atom stereocenters. The van der Waals surface area contributed by atoms with E-state index in [2.05, 4.69) is 4.98 Å². The Kier molecular flexibility index (Phi) is 5.99. The average Bonchev–Trinajstić information content (AvgIpc) is 2.57. The van der Waals surface area contributed by atoms with E-state index in [0.717, 1.165) is 5.56 Å². The van der Waals surface area contributed by atoms with E-state index in [9.17, 15) is 15.2 Å². The van der Waals surface area contributed by atoms with Crippen LogP contribution in [0, 0.1) is 18.3 Å². The Bertz CT molecular complexity index is 753. The third kappa shape index (κ3) is 4.45. The quantitative estimate of drug-likeness (QED) is 0.704. The first-order valence-electron chi connectivity index (χ1n) is 7.27. The lowest BCUT2D eigenvalue weighted by atomic mass is 10.1. The largest absolute Gasteiger partial charge is 0.395 e. The number of H-pyrrole nitrogens is 1. The lowest BCUT2D eigenvalue weighted by Gasteiger charge is -2.20. The summed E-state index contributed by atoms with van der Waals surface area (Å²) in [6.07, 6.45) is 0.564. The fourth-order valence-corrected chi connectivity index (χ4v) is 3.61. The van der Waals surface area contributed by atoms with Crippen LogP contribution in [-0.4, -0.2) is 22.7 Å². The van der Waals surface area contributed by atoms with Gasteiger partial charge in [0, 0.05) is 21.8 Å². The molecule has 0 amide bonds. The van der Waals surface area contributed by atoms with E-state index in [-0.39, 0.29) is 29.2 Å². The van der Waals surface area contributed by atoms with Gasteiger partial charge in [0.25, 0.3) is 5.56 Å². The van der Waals surface area contributed by atoms with Crippen molar-refractivity contribution in [3.63, 3.8) is 0 Å². The SMILES string of the molecule is Cc1cc(S[C@H](C[C@H](N)CO)c2ccccc2)c(C#N)[nH]c1=O. The van der Waals surface area contributed by atoms with Crippen LogP contribution in [0.25, 0.3) is 0 Å². The fourth-order valence-electron chi connectivity index (χ4n) is 2.21. The third-order valence-electron chi connectivity index (χ3n) is 3.49. The maximum Gasteiger partial charge on any atom is 0.251 e. The minimum absolute atomic E-state index is 0.0178. The highest BCUT2D eigenvalue weighted by atomic mass is 32.2. The Labute approximate surface area is 139 Å². The maximum absolute atomic E-state index is 11.7. The van der Waals surface area contributed by atoms with Crippen molar-refractivity contribution in [1.29, 1.82) is 5.26 Å². The molecule has 2 aromatic rings. The molecule has 0 radical (unpaired) electrons. The highest BCUT2D eigenvalue weighted by Crippen LogP contribution is 2.39. The second kappa shape index (κ2) is 7.97. The van der Waals surface area contributed by atoms with Crippen LogP contribution in [-0.2, 0) is 0 Å². The number of aromatic amines is 1. The number of nitrogens with two attached hydrogens (primary N) is 1. The number of benzene rings is 1. The number of aliphatic hydroxyl groups is 1. The standard InChI is InChI=1S/C17H19N3O2S/c1-11-7-16(14(9-18)20-17(11)22)23-15(8-13(19)10-21)12-5-3-2-4-6-12/h2-7,13,15,21H,8,10,19H2,1H3,(H,20,22)/t13-,15+/m0/s1. The molecule has 0 bridgehead atoms. The van der Waals surface area contributed by atoms with Crippen molar-refractivity contribution in [2.45, 2.75) is 29.5 Å². The number of rotatable bonds is 6. The van der Waals surface area contributed by atoms with E-state index in [0.29, 0.717) is 16.9 Å². The Morgan fingerprint density at radius 1 is 1.39 bits per heavy atom. The van der Waals surface area contributed by atoms with Crippen molar-refractivity contribution in [1.82, 2.24) is 4.98 Å². The van der Waals surface area contributed by atoms with Gasteiger partial charge in [0.1, 0.15) is 11.8 Å². The average molecular weight is 329 g/mol. The van der Waals surface area contributed by atoms with Crippen LogP contribution in [0.15, 0.2) is 46.1 Å². The Morgan fingerprint density at radius 3 is 2.70 bits per heavy atom. The number of nitriles is 1. The van der Waals surface area contributed by atoms with Gasteiger partial charge < -0.3 is 15.8 Å². The second-order valence-corrected chi connectivity index (χ2v) is 6.57. The van der Waals surface area contributed by atoms with Crippen molar-refractivity contribution >= 4 is 11.8 Å². The molecule has 5 nitrogen and oxygen atoms in total. The van der Waals surface area contributed by atoms with E-state index < -0.39 is 0 Å². The topological polar surface area (TPSA) is 103 Å². The molecule has 2 atom stereocenters. The van der Waals surface area contributed by atoms with Crippen LogP contribution in [0.4, 0.5) is 0 Å². The first-order valence-corrected chi connectivity index (χ1v) is 8.15. The van der Waals surface area contributed by atoms with Crippen molar-refractivity contribution in [2.75, 3.05) is 6.61 Å². The van der Waals surface area contributed by atoms with Gasteiger partial charge in [-0.25, -0.2) is 0 Å². The summed E-state index contributed by atoms with van der Waals surface area (Å²) in [4.78, 5) is 15.0. The molecule has 23 heavy (non-hydrogen) atoms. The summed E-state index contributed by atoms with van der Waals surface area (Å²) in [5.74, 6) is 0. The number of nitrogens with zero attached hydrogens (tertiary/aromatic N) is 1. The van der Waals surface area contributed by atoms with E-state index in [1.54, 1.807) is 13.0 Å². The Morgan fingerprint density at radius 2 is 2.09 bits per heavy atom. The molecule has 1 heterocycles. The summed E-state index contributed by atoms with van der Waals surface area (Å²) in [6, 6.07) is 13.2. The highest BCUT2D eigenvalue weighted by molar-refractivity contribution is 7.99. The number of aryl methyl sites for hydroxylation is 1. The van der Waals surface area contributed by atoms with Crippen LogP contribution >= 0.6 is 11.8 Å². The summed E-state index contributed by atoms with van der Waals surface area (Å²) in [5.41, 5.74) is 7.53. The summed E-state index contributed by atoms with van der Waals surface area (Å²) in [6.45, 7) is 1.61. The van der Waals surface area contributed by atoms with Gasteiger partial charge in [-0.15, -0.1) is 11.8 Å². The molecule has 0 aliphatic carbocycles. The molecule has 2 rings (SSSR count). The molecule has 0 spiro atoms. The zero-order chi connectivity index (χ0) is 16.8. The minimum atomic E-state index is -0.345. The summed E-state index contributed by atoms with van der Waals surface area (Å²) >= 11 is 1.48. The predicted octanol–water partition coefficient (Wildman–Crippen LogP) is 2.10. The summed E-state index contributed by atoms with van der Waals surface area (Å²) < 4.78 is 0. The van der Waals surface area contributed by atoms with E-state index in [1.807, 2.05) is 36.4 Å². The Hall–Kier alpha value is -2.07. The molecule has 0 saturated carbocycles. The number of hydrogen-bond acceptors (Lipinski definition) is 5. The number of thioether (sulfide) groups is 1.